The largest absolute Gasteiger partial charge is 0.365 e. The fourth-order valence-corrected chi connectivity index (χ4v) is 2.95. The molecule has 17 heavy (non-hydrogen) atoms. The molecular weight excluding hydrogens is 217 g/mol. The van der Waals surface area contributed by atoms with E-state index in [0.717, 1.165) is 19.4 Å². The van der Waals surface area contributed by atoms with E-state index < -0.39 is 0 Å². The van der Waals surface area contributed by atoms with Gasteiger partial charge in [-0.15, -0.1) is 0 Å². The Morgan fingerprint density at radius 2 is 2.35 bits per heavy atom. The van der Waals surface area contributed by atoms with E-state index in [4.69, 9.17) is 0 Å². The summed E-state index contributed by atoms with van der Waals surface area (Å²) < 4.78 is 13.5. The van der Waals surface area contributed by atoms with Gasteiger partial charge < -0.3 is 10.6 Å². The molecule has 1 saturated carbocycles. The van der Waals surface area contributed by atoms with Gasteiger partial charge in [-0.2, -0.15) is 0 Å². The van der Waals surface area contributed by atoms with Gasteiger partial charge in [0.1, 0.15) is 0 Å². The zero-order valence-corrected chi connectivity index (χ0v) is 9.88. The van der Waals surface area contributed by atoms with Crippen LogP contribution in [0.5, 0.6) is 0 Å². The molecule has 2 aliphatic rings. The summed E-state index contributed by atoms with van der Waals surface area (Å²) in [6.45, 7) is 1.02. The Balaban J connectivity index is 1.67. The average Bonchev–Trinajstić information content (AvgIpc) is 2.31. The van der Waals surface area contributed by atoms with Crippen LogP contribution in [0.4, 0.5) is 10.2 Å². The number of nitrogens with zero attached hydrogens (tertiary/aromatic N) is 1. The lowest BCUT2D eigenvalue weighted by Crippen LogP contribution is -2.58. The Kier molecular flexibility index (Phi) is 2.74. The van der Waals surface area contributed by atoms with Crippen molar-refractivity contribution in [3.63, 3.8) is 0 Å². The lowest BCUT2D eigenvalue weighted by molar-refractivity contribution is 0.135. The minimum absolute atomic E-state index is 0.256. The Bertz CT molecular complexity index is 403. The van der Waals surface area contributed by atoms with E-state index in [1.807, 2.05) is 0 Å². The van der Waals surface area contributed by atoms with Gasteiger partial charge in [0, 0.05) is 17.8 Å². The maximum atomic E-state index is 13.5. The molecule has 1 atom stereocenters. The SMILES string of the molecule is Fc1cccnc1NC1CCNC2(CCC2)C1. The lowest BCUT2D eigenvalue weighted by Gasteiger charge is -2.48. The maximum absolute atomic E-state index is 13.5. The zero-order chi connectivity index (χ0) is 11.7. The minimum Gasteiger partial charge on any atom is -0.365 e. The molecule has 0 bridgehead atoms. The summed E-state index contributed by atoms with van der Waals surface area (Å²) in [7, 11) is 0. The van der Waals surface area contributed by atoms with Crippen LogP contribution in [0.1, 0.15) is 32.1 Å². The van der Waals surface area contributed by atoms with Gasteiger partial charge in [-0.1, -0.05) is 0 Å². The fourth-order valence-electron chi connectivity index (χ4n) is 2.95. The van der Waals surface area contributed by atoms with Crippen molar-refractivity contribution in [1.82, 2.24) is 10.3 Å². The van der Waals surface area contributed by atoms with Gasteiger partial charge in [-0.05, 0) is 50.8 Å². The van der Waals surface area contributed by atoms with Crippen molar-refractivity contribution < 1.29 is 4.39 Å². The number of piperidine rings is 1. The highest BCUT2D eigenvalue weighted by Crippen LogP contribution is 2.38. The highest BCUT2D eigenvalue weighted by Gasteiger charge is 2.40. The average molecular weight is 235 g/mol. The molecule has 0 radical (unpaired) electrons. The topological polar surface area (TPSA) is 37.0 Å². The zero-order valence-electron chi connectivity index (χ0n) is 9.88. The van der Waals surface area contributed by atoms with Crippen LogP contribution in [-0.4, -0.2) is 23.1 Å². The lowest BCUT2D eigenvalue weighted by atomic mass is 9.70. The van der Waals surface area contributed by atoms with E-state index in [-0.39, 0.29) is 5.82 Å². The second-order valence-corrected chi connectivity index (χ2v) is 5.23. The predicted molar refractivity (Wildman–Crippen MR) is 65.4 cm³/mol. The summed E-state index contributed by atoms with van der Waals surface area (Å²) in [5.74, 6) is 0.141. The van der Waals surface area contributed by atoms with Gasteiger partial charge in [-0.3, -0.25) is 0 Å². The predicted octanol–water partition coefficient (Wildman–Crippen LogP) is 2.31. The molecule has 1 aromatic rings. The van der Waals surface area contributed by atoms with Crippen LogP contribution in [0.2, 0.25) is 0 Å². The quantitative estimate of drug-likeness (QED) is 0.826. The first-order chi connectivity index (χ1) is 8.27. The molecule has 92 valence electrons. The van der Waals surface area contributed by atoms with E-state index in [1.165, 1.54) is 25.3 Å². The van der Waals surface area contributed by atoms with Crippen molar-refractivity contribution in [3.05, 3.63) is 24.1 Å². The number of pyridine rings is 1. The van der Waals surface area contributed by atoms with Crippen molar-refractivity contribution in [1.29, 1.82) is 0 Å². The van der Waals surface area contributed by atoms with Crippen LogP contribution in [0.3, 0.4) is 0 Å². The molecule has 1 unspecified atom stereocenters. The molecule has 3 nitrogen and oxygen atoms in total. The van der Waals surface area contributed by atoms with Crippen molar-refractivity contribution in [3.8, 4) is 0 Å². The number of rotatable bonds is 2. The summed E-state index contributed by atoms with van der Waals surface area (Å²) in [5.41, 5.74) is 0.334. The monoisotopic (exact) mass is 235 g/mol. The van der Waals surface area contributed by atoms with Crippen molar-refractivity contribution in [2.75, 3.05) is 11.9 Å². The van der Waals surface area contributed by atoms with Crippen LogP contribution in [0, 0.1) is 5.82 Å². The number of halogens is 1. The normalized spacial score (nSPS) is 26.5. The van der Waals surface area contributed by atoms with Gasteiger partial charge in [-0.25, -0.2) is 9.37 Å². The van der Waals surface area contributed by atoms with Crippen LogP contribution >= 0.6 is 0 Å². The number of aromatic nitrogens is 1. The number of anilines is 1. The number of nitrogens with one attached hydrogen (secondary N) is 2. The maximum Gasteiger partial charge on any atom is 0.165 e. The van der Waals surface area contributed by atoms with Gasteiger partial charge in [0.2, 0.25) is 0 Å². The summed E-state index contributed by atoms with van der Waals surface area (Å²) >= 11 is 0. The van der Waals surface area contributed by atoms with E-state index in [1.54, 1.807) is 12.3 Å². The fraction of sp³-hybridized carbons (Fsp3) is 0.615. The first-order valence-corrected chi connectivity index (χ1v) is 6.40. The van der Waals surface area contributed by atoms with Crippen molar-refractivity contribution in [2.24, 2.45) is 0 Å². The molecule has 2 N–H and O–H groups in total. The number of hydrogen-bond acceptors (Lipinski definition) is 3. The molecular formula is C13H18FN3. The molecule has 4 heteroatoms. The third-order valence-electron chi connectivity index (χ3n) is 4.04. The van der Waals surface area contributed by atoms with Crippen LogP contribution in [-0.2, 0) is 0 Å². The Labute approximate surface area is 101 Å². The van der Waals surface area contributed by atoms with Crippen molar-refractivity contribution >= 4 is 5.82 Å². The van der Waals surface area contributed by atoms with Gasteiger partial charge >= 0.3 is 0 Å². The molecule has 0 aromatic carbocycles. The first kappa shape index (κ1) is 11.0. The molecule has 2 heterocycles. The molecule has 3 rings (SSSR count). The Morgan fingerprint density at radius 1 is 1.47 bits per heavy atom. The second kappa shape index (κ2) is 4.26. The smallest absolute Gasteiger partial charge is 0.165 e. The second-order valence-electron chi connectivity index (χ2n) is 5.23. The van der Waals surface area contributed by atoms with Crippen molar-refractivity contribution in [2.45, 2.75) is 43.7 Å². The van der Waals surface area contributed by atoms with E-state index in [9.17, 15) is 4.39 Å². The third-order valence-corrected chi connectivity index (χ3v) is 4.04. The molecule has 0 amide bonds. The molecule has 1 aromatic heterocycles. The summed E-state index contributed by atoms with van der Waals surface area (Å²) in [5, 5.41) is 6.85. The van der Waals surface area contributed by atoms with E-state index in [0.29, 0.717) is 17.4 Å². The summed E-state index contributed by atoms with van der Waals surface area (Å²) in [6.07, 6.45) is 7.59. The van der Waals surface area contributed by atoms with Gasteiger partial charge in [0.05, 0.1) is 0 Å². The summed E-state index contributed by atoms with van der Waals surface area (Å²) in [4.78, 5) is 4.06. The standard InChI is InChI=1S/C13H18FN3/c14-11-3-1-7-15-12(11)17-10-4-8-16-13(9-10)5-2-6-13/h1,3,7,10,16H,2,4-6,8-9H2,(H,15,17). The van der Waals surface area contributed by atoms with Gasteiger partial charge in [0.15, 0.2) is 11.6 Å². The van der Waals surface area contributed by atoms with E-state index >= 15 is 0 Å². The first-order valence-electron chi connectivity index (χ1n) is 6.40. The highest BCUT2D eigenvalue weighted by molar-refractivity contribution is 5.37. The third kappa shape index (κ3) is 2.14. The number of hydrogen-bond donors (Lipinski definition) is 2. The Hall–Kier alpha value is -1.16. The molecule has 1 aliphatic carbocycles. The van der Waals surface area contributed by atoms with Crippen LogP contribution in [0.15, 0.2) is 18.3 Å². The Morgan fingerprint density at radius 3 is 3.06 bits per heavy atom. The van der Waals surface area contributed by atoms with Crippen LogP contribution < -0.4 is 10.6 Å². The van der Waals surface area contributed by atoms with Gasteiger partial charge in [0.25, 0.3) is 0 Å². The summed E-state index contributed by atoms with van der Waals surface area (Å²) in [6, 6.07) is 3.42. The van der Waals surface area contributed by atoms with Crippen LogP contribution in [0.25, 0.3) is 0 Å². The highest BCUT2D eigenvalue weighted by atomic mass is 19.1. The molecule has 2 fully saturated rings. The van der Waals surface area contributed by atoms with E-state index in [2.05, 4.69) is 15.6 Å². The molecule has 1 saturated heterocycles. The molecule has 1 spiro atoms. The molecule has 1 aliphatic heterocycles. The minimum atomic E-state index is -0.256.